The smallest absolute Gasteiger partial charge is 0.239 e. The predicted molar refractivity (Wildman–Crippen MR) is 62.8 cm³/mol. The second kappa shape index (κ2) is 2.40. The molecule has 2 aliphatic heterocycles. The number of hydrogen-bond acceptors (Lipinski definition) is 3. The number of sulfonamides is 1. The largest absolute Gasteiger partial charge is 0.251 e. The molecule has 4 aliphatic rings. The quantitative estimate of drug-likeness (QED) is 0.507. The molecule has 4 nitrogen and oxygen atoms in total. The van der Waals surface area contributed by atoms with Crippen molar-refractivity contribution < 1.29 is 13.3 Å². The molecule has 2 heterocycles. The lowest BCUT2D eigenvalue weighted by Gasteiger charge is -2.36. The highest BCUT2D eigenvalue weighted by atomic mass is 35.5. The second-order valence-corrected chi connectivity index (χ2v) is 9.41. The van der Waals surface area contributed by atoms with Gasteiger partial charge in [-0.05, 0) is 22.7 Å². The van der Waals surface area contributed by atoms with Gasteiger partial charge < -0.3 is 0 Å². The minimum Gasteiger partial charge on any atom is -0.251 e. The van der Waals surface area contributed by atoms with Gasteiger partial charge in [0.1, 0.15) is 0 Å². The van der Waals surface area contributed by atoms with Gasteiger partial charge in [0, 0.05) is 11.3 Å². The van der Waals surface area contributed by atoms with E-state index in [-0.39, 0.29) is 17.1 Å². The highest BCUT2D eigenvalue weighted by Crippen LogP contribution is 2.85. The zero-order chi connectivity index (χ0) is 12.5. The van der Waals surface area contributed by atoms with Gasteiger partial charge in [-0.3, -0.25) is 4.84 Å². The number of fused-ring (bicyclic) bond motifs is 1. The highest BCUT2D eigenvalue weighted by molar-refractivity contribution is 7.89. The molecule has 17 heavy (non-hydrogen) atoms. The maximum atomic E-state index is 12.1. The van der Waals surface area contributed by atoms with Gasteiger partial charge in [0.05, 0.1) is 5.75 Å². The van der Waals surface area contributed by atoms with Crippen molar-refractivity contribution in [1.82, 2.24) is 4.47 Å². The van der Waals surface area contributed by atoms with E-state index in [2.05, 4.69) is 13.8 Å². The van der Waals surface area contributed by atoms with Crippen LogP contribution >= 0.6 is 23.2 Å². The number of hydroxylamine groups is 1. The van der Waals surface area contributed by atoms with E-state index in [9.17, 15) is 8.42 Å². The Hall–Kier alpha value is 0.450. The fourth-order valence-corrected chi connectivity index (χ4v) is 8.56. The molecule has 7 heteroatoms. The Morgan fingerprint density at radius 3 is 2.53 bits per heavy atom. The number of nitrogens with zero attached hydrogens (tertiary/aromatic N) is 1. The summed E-state index contributed by atoms with van der Waals surface area (Å²) in [4.78, 5) is 5.44. The molecule has 0 radical (unpaired) electrons. The van der Waals surface area contributed by atoms with Gasteiger partial charge in [-0.1, -0.05) is 37.0 Å². The molecule has 2 spiro atoms. The average Bonchev–Trinajstić information content (AvgIpc) is 2.78. The summed E-state index contributed by atoms with van der Waals surface area (Å²) in [5, 5.41) is 0. The summed E-state index contributed by atoms with van der Waals surface area (Å²) in [7, 11) is -3.36. The Kier molecular flexibility index (Phi) is 1.59. The van der Waals surface area contributed by atoms with E-state index in [1.807, 2.05) is 0 Å². The average molecular weight is 298 g/mol. The molecule has 2 unspecified atom stereocenters. The summed E-state index contributed by atoms with van der Waals surface area (Å²) in [5.41, 5.74) is -1.66. The maximum Gasteiger partial charge on any atom is 0.239 e. The first-order valence-corrected chi connectivity index (χ1v) is 8.10. The third-order valence-electron chi connectivity index (χ3n) is 5.62. The third-order valence-corrected chi connectivity index (χ3v) is 8.36. The van der Waals surface area contributed by atoms with Crippen LogP contribution in [0, 0.1) is 16.7 Å². The van der Waals surface area contributed by atoms with Crippen molar-refractivity contribution >= 4 is 33.2 Å². The fourth-order valence-electron chi connectivity index (χ4n) is 4.73. The lowest BCUT2D eigenvalue weighted by atomic mass is 9.68. The molecule has 0 aromatic heterocycles. The monoisotopic (exact) mass is 297 g/mol. The topological polar surface area (TPSA) is 49.7 Å². The highest BCUT2D eigenvalue weighted by Gasteiger charge is 2.97. The molecule has 4 atom stereocenters. The van der Waals surface area contributed by atoms with Gasteiger partial charge in [0.15, 0.2) is 4.33 Å². The van der Waals surface area contributed by atoms with Crippen LogP contribution in [0.4, 0.5) is 0 Å². The SMILES string of the molecule is CC1(C)[C@@H]2CCC13CS(=O)(=O)N1O[C@]13C2(Cl)Cl. The van der Waals surface area contributed by atoms with Crippen LogP contribution in [0.2, 0.25) is 0 Å². The van der Waals surface area contributed by atoms with Crippen LogP contribution in [0.1, 0.15) is 26.7 Å². The molecular formula is C10H13Cl2NO3S. The molecule has 0 aromatic carbocycles. The Labute approximate surface area is 110 Å². The van der Waals surface area contributed by atoms with Crippen LogP contribution < -0.4 is 0 Å². The van der Waals surface area contributed by atoms with Gasteiger partial charge in [0.25, 0.3) is 0 Å². The lowest BCUT2D eigenvalue weighted by molar-refractivity contribution is 0.0704. The van der Waals surface area contributed by atoms with Gasteiger partial charge in [-0.25, -0.2) is 8.42 Å². The molecule has 0 N–H and O–H groups in total. The summed E-state index contributed by atoms with van der Waals surface area (Å²) >= 11 is 13.0. The van der Waals surface area contributed by atoms with E-state index in [0.29, 0.717) is 0 Å². The zero-order valence-electron chi connectivity index (χ0n) is 9.53. The molecular weight excluding hydrogens is 285 g/mol. The van der Waals surface area contributed by atoms with Crippen molar-refractivity contribution in [2.24, 2.45) is 16.7 Å². The summed E-state index contributed by atoms with van der Waals surface area (Å²) in [6.45, 7) is 4.14. The number of alkyl halides is 2. The molecule has 4 rings (SSSR count). The maximum absolute atomic E-state index is 12.1. The van der Waals surface area contributed by atoms with Gasteiger partial charge in [-0.15, -0.1) is 0 Å². The van der Waals surface area contributed by atoms with Crippen molar-refractivity contribution in [1.29, 1.82) is 0 Å². The molecule has 2 saturated heterocycles. The summed E-state index contributed by atoms with van der Waals surface area (Å²) in [6, 6.07) is 0. The molecule has 0 aromatic rings. The summed E-state index contributed by atoms with van der Waals surface area (Å²) < 4.78 is 24.1. The van der Waals surface area contributed by atoms with Gasteiger partial charge in [-0.2, -0.15) is 0 Å². The van der Waals surface area contributed by atoms with Crippen LogP contribution in [-0.4, -0.2) is 28.7 Å². The minimum atomic E-state index is -3.36. The van der Waals surface area contributed by atoms with Crippen molar-refractivity contribution in [3.05, 3.63) is 0 Å². The molecule has 0 amide bonds. The van der Waals surface area contributed by atoms with Crippen LogP contribution in [0.25, 0.3) is 0 Å². The first kappa shape index (κ1) is 11.3. The predicted octanol–water partition coefficient (Wildman–Crippen LogP) is 1.88. The first-order valence-electron chi connectivity index (χ1n) is 5.74. The molecule has 2 saturated carbocycles. The van der Waals surface area contributed by atoms with E-state index in [1.165, 1.54) is 0 Å². The summed E-state index contributed by atoms with van der Waals surface area (Å²) in [5.74, 6) is 0.198. The lowest BCUT2D eigenvalue weighted by Crippen LogP contribution is -2.48. The number of hydrogen-bond donors (Lipinski definition) is 0. The van der Waals surface area contributed by atoms with Crippen LogP contribution in [0.3, 0.4) is 0 Å². The van der Waals surface area contributed by atoms with Crippen LogP contribution in [0.5, 0.6) is 0 Å². The van der Waals surface area contributed by atoms with E-state index >= 15 is 0 Å². The summed E-state index contributed by atoms with van der Waals surface area (Å²) in [6.07, 6.45) is 1.69. The standard InChI is InChI=1S/C10H13Cl2NO3S/c1-7(2)6-3-4-8(7)5-17(14,15)13-10(8,16-13)9(6,11)12/h6H,3-5H2,1-2H3/t6-,8?,10+,13?/m0/s1. The normalized spacial score (nSPS) is 58.8. The van der Waals surface area contributed by atoms with Crippen molar-refractivity contribution in [3.63, 3.8) is 0 Å². The fraction of sp³-hybridized carbons (Fsp3) is 1.00. The number of halogens is 2. The Balaban J connectivity index is 2.05. The van der Waals surface area contributed by atoms with Crippen LogP contribution in [-0.2, 0) is 14.9 Å². The first-order chi connectivity index (χ1) is 7.64. The molecule has 4 fully saturated rings. The molecule has 2 aliphatic carbocycles. The Morgan fingerprint density at radius 1 is 1.35 bits per heavy atom. The second-order valence-electron chi connectivity index (χ2n) is 6.24. The van der Waals surface area contributed by atoms with Crippen molar-refractivity contribution in [3.8, 4) is 0 Å². The molecule has 2 bridgehead atoms. The van der Waals surface area contributed by atoms with E-state index < -0.39 is 25.5 Å². The molecule has 96 valence electrons. The van der Waals surface area contributed by atoms with Crippen molar-refractivity contribution in [2.75, 3.05) is 5.75 Å². The van der Waals surface area contributed by atoms with E-state index in [4.69, 9.17) is 28.0 Å². The van der Waals surface area contributed by atoms with E-state index in [1.54, 1.807) is 0 Å². The Bertz CT molecular complexity index is 538. The Morgan fingerprint density at radius 2 is 2.00 bits per heavy atom. The number of rotatable bonds is 0. The van der Waals surface area contributed by atoms with Crippen molar-refractivity contribution in [2.45, 2.75) is 36.7 Å². The van der Waals surface area contributed by atoms with Crippen LogP contribution in [0.15, 0.2) is 0 Å². The van der Waals surface area contributed by atoms with E-state index in [0.717, 1.165) is 17.3 Å². The third kappa shape index (κ3) is 0.778. The zero-order valence-corrected chi connectivity index (χ0v) is 11.9. The van der Waals surface area contributed by atoms with Gasteiger partial charge in [0.2, 0.25) is 15.7 Å². The minimum absolute atomic E-state index is 0.0823. The van der Waals surface area contributed by atoms with Gasteiger partial charge >= 0.3 is 0 Å².